The lowest BCUT2D eigenvalue weighted by molar-refractivity contribution is -0.136. The Hall–Kier alpha value is -3.45. The molecule has 0 aromatic heterocycles. The number of carboxylic acids is 1. The molecule has 0 bridgehead atoms. The summed E-state index contributed by atoms with van der Waals surface area (Å²) in [6, 6.07) is 15.0. The summed E-state index contributed by atoms with van der Waals surface area (Å²) < 4.78 is 35.0. The Kier molecular flexibility index (Phi) is 6.67. The summed E-state index contributed by atoms with van der Waals surface area (Å²) in [5.41, 5.74) is 10.1. The summed E-state index contributed by atoms with van der Waals surface area (Å²) >= 11 is 0. The standard InChI is InChI=1S/C29H30F2N2O3/c30-23-5-4-20(15-27(34)35)26(16-23)36-18-19-12-22(25-3-1-2-21(17-32)28(25)31)14-24(13-19)33-10-8-29(6-7-29)9-11-33/h1-5,12-14,16H,6-11,15,17-18,32H2,(H,34,35). The van der Waals surface area contributed by atoms with E-state index in [2.05, 4.69) is 4.90 Å². The molecule has 1 saturated heterocycles. The fourth-order valence-corrected chi connectivity index (χ4v) is 5.10. The van der Waals surface area contributed by atoms with Gasteiger partial charge in [-0.25, -0.2) is 8.78 Å². The van der Waals surface area contributed by atoms with E-state index in [1.807, 2.05) is 18.2 Å². The Balaban J connectivity index is 1.47. The molecule has 2 aliphatic rings. The third kappa shape index (κ3) is 5.21. The summed E-state index contributed by atoms with van der Waals surface area (Å²) in [6.45, 7) is 2.09. The number of nitrogens with two attached hydrogens (primary N) is 1. The van der Waals surface area contributed by atoms with Gasteiger partial charge in [-0.2, -0.15) is 0 Å². The van der Waals surface area contributed by atoms with E-state index in [4.69, 9.17) is 10.5 Å². The number of carboxylic acid groups (broad SMARTS) is 1. The van der Waals surface area contributed by atoms with Gasteiger partial charge in [0.2, 0.25) is 0 Å². The van der Waals surface area contributed by atoms with Crippen molar-refractivity contribution in [3.8, 4) is 16.9 Å². The summed E-state index contributed by atoms with van der Waals surface area (Å²) in [4.78, 5) is 13.6. The van der Waals surface area contributed by atoms with Crippen molar-refractivity contribution >= 4 is 11.7 Å². The number of ether oxygens (including phenoxy) is 1. The van der Waals surface area contributed by atoms with Crippen molar-refractivity contribution in [3.05, 3.63) is 82.9 Å². The Bertz CT molecular complexity index is 1280. The van der Waals surface area contributed by atoms with E-state index in [-0.39, 0.29) is 31.1 Å². The van der Waals surface area contributed by atoms with Crippen LogP contribution in [0.5, 0.6) is 5.75 Å². The number of anilines is 1. The maximum absolute atomic E-state index is 15.2. The van der Waals surface area contributed by atoms with Crippen molar-refractivity contribution in [2.24, 2.45) is 11.1 Å². The van der Waals surface area contributed by atoms with Gasteiger partial charge in [-0.1, -0.05) is 24.3 Å². The van der Waals surface area contributed by atoms with Crippen LogP contribution in [0.15, 0.2) is 54.6 Å². The molecular formula is C29H30F2N2O3. The van der Waals surface area contributed by atoms with Crippen LogP contribution in [-0.2, 0) is 24.4 Å². The fourth-order valence-electron chi connectivity index (χ4n) is 5.10. The van der Waals surface area contributed by atoms with Crippen LogP contribution in [0, 0.1) is 17.0 Å². The van der Waals surface area contributed by atoms with Gasteiger partial charge in [-0.05, 0) is 66.5 Å². The maximum Gasteiger partial charge on any atom is 0.307 e. The summed E-state index contributed by atoms with van der Waals surface area (Å²) in [5, 5.41) is 9.20. The van der Waals surface area contributed by atoms with Gasteiger partial charge in [-0.15, -0.1) is 0 Å². The topological polar surface area (TPSA) is 75.8 Å². The number of carbonyl (C=O) groups is 1. The highest BCUT2D eigenvalue weighted by Crippen LogP contribution is 2.54. The molecule has 3 aromatic rings. The number of piperidine rings is 1. The van der Waals surface area contributed by atoms with Gasteiger partial charge < -0.3 is 20.5 Å². The van der Waals surface area contributed by atoms with Crippen molar-refractivity contribution < 1.29 is 23.4 Å². The van der Waals surface area contributed by atoms with E-state index in [1.54, 1.807) is 18.2 Å². The fraction of sp³-hybridized carbons (Fsp3) is 0.345. The molecule has 3 N–H and O–H groups in total. The Morgan fingerprint density at radius 2 is 1.78 bits per heavy atom. The van der Waals surface area contributed by atoms with Crippen LogP contribution in [0.2, 0.25) is 0 Å². The number of benzene rings is 3. The van der Waals surface area contributed by atoms with Gasteiger partial charge in [0.1, 0.15) is 24.0 Å². The zero-order chi connectivity index (χ0) is 25.3. The van der Waals surface area contributed by atoms with E-state index in [1.165, 1.54) is 31.0 Å². The van der Waals surface area contributed by atoms with Gasteiger partial charge in [0.15, 0.2) is 0 Å². The first-order valence-corrected chi connectivity index (χ1v) is 12.4. The van der Waals surface area contributed by atoms with Crippen LogP contribution in [-0.4, -0.2) is 24.2 Å². The van der Waals surface area contributed by atoms with Gasteiger partial charge >= 0.3 is 5.97 Å². The molecule has 188 valence electrons. The van der Waals surface area contributed by atoms with Crippen molar-refractivity contribution in [2.75, 3.05) is 18.0 Å². The zero-order valence-electron chi connectivity index (χ0n) is 20.1. The Morgan fingerprint density at radius 1 is 1.00 bits per heavy atom. The second kappa shape index (κ2) is 9.90. The van der Waals surface area contributed by atoms with Crippen LogP contribution in [0.3, 0.4) is 0 Å². The van der Waals surface area contributed by atoms with Crippen LogP contribution in [0.1, 0.15) is 42.4 Å². The van der Waals surface area contributed by atoms with E-state index < -0.39 is 11.8 Å². The number of rotatable bonds is 8. The minimum Gasteiger partial charge on any atom is -0.488 e. The molecule has 7 heteroatoms. The predicted octanol–water partition coefficient (Wildman–Crippen LogP) is 5.68. The van der Waals surface area contributed by atoms with Gasteiger partial charge in [0.05, 0.1) is 6.42 Å². The molecule has 0 unspecified atom stereocenters. The molecule has 1 spiro atoms. The monoisotopic (exact) mass is 492 g/mol. The first kappa shape index (κ1) is 24.3. The normalized spacial score (nSPS) is 16.2. The second-order valence-electron chi connectivity index (χ2n) is 9.97. The highest BCUT2D eigenvalue weighted by Gasteiger charge is 2.44. The van der Waals surface area contributed by atoms with Crippen molar-refractivity contribution in [1.29, 1.82) is 0 Å². The largest absolute Gasteiger partial charge is 0.488 e. The average Bonchev–Trinajstić information content (AvgIpc) is 3.63. The minimum absolute atomic E-state index is 0.0902. The molecular weight excluding hydrogens is 462 g/mol. The van der Waals surface area contributed by atoms with Gasteiger partial charge in [0.25, 0.3) is 0 Å². The lowest BCUT2D eigenvalue weighted by Gasteiger charge is -2.34. The minimum atomic E-state index is -1.02. The molecule has 1 aliphatic heterocycles. The molecule has 5 nitrogen and oxygen atoms in total. The molecule has 0 atom stereocenters. The van der Waals surface area contributed by atoms with E-state index in [9.17, 15) is 14.3 Å². The summed E-state index contributed by atoms with van der Waals surface area (Å²) in [5.74, 6) is -1.68. The van der Waals surface area contributed by atoms with Gasteiger partial charge in [0, 0.05) is 48.1 Å². The number of aliphatic carboxylic acids is 1. The highest BCUT2D eigenvalue weighted by molar-refractivity contribution is 5.72. The molecule has 0 amide bonds. The third-order valence-corrected chi connectivity index (χ3v) is 7.50. The Labute approximate surface area is 209 Å². The average molecular weight is 493 g/mol. The first-order valence-electron chi connectivity index (χ1n) is 12.4. The van der Waals surface area contributed by atoms with Crippen LogP contribution < -0.4 is 15.4 Å². The van der Waals surface area contributed by atoms with Crippen molar-refractivity contribution in [1.82, 2.24) is 0 Å². The van der Waals surface area contributed by atoms with Gasteiger partial charge in [-0.3, -0.25) is 4.79 Å². The van der Waals surface area contributed by atoms with E-state index in [0.717, 1.165) is 42.7 Å². The van der Waals surface area contributed by atoms with Crippen molar-refractivity contribution in [2.45, 2.75) is 45.3 Å². The van der Waals surface area contributed by atoms with E-state index >= 15 is 4.39 Å². The molecule has 0 radical (unpaired) electrons. The van der Waals surface area contributed by atoms with Crippen LogP contribution in [0.4, 0.5) is 14.5 Å². The first-order chi connectivity index (χ1) is 17.4. The van der Waals surface area contributed by atoms with Crippen LogP contribution in [0.25, 0.3) is 11.1 Å². The zero-order valence-corrected chi connectivity index (χ0v) is 20.1. The second-order valence-corrected chi connectivity index (χ2v) is 9.97. The maximum atomic E-state index is 15.2. The quantitative estimate of drug-likeness (QED) is 0.423. The summed E-state index contributed by atoms with van der Waals surface area (Å²) in [6.07, 6.45) is 4.66. The lowest BCUT2D eigenvalue weighted by atomic mass is 9.92. The highest BCUT2D eigenvalue weighted by atomic mass is 19.1. The number of halogens is 2. The molecule has 36 heavy (non-hydrogen) atoms. The Morgan fingerprint density at radius 3 is 2.47 bits per heavy atom. The van der Waals surface area contributed by atoms with Crippen molar-refractivity contribution in [3.63, 3.8) is 0 Å². The molecule has 1 saturated carbocycles. The molecule has 1 heterocycles. The molecule has 1 aliphatic carbocycles. The number of hydrogen-bond acceptors (Lipinski definition) is 4. The molecule has 5 rings (SSSR count). The third-order valence-electron chi connectivity index (χ3n) is 7.50. The van der Waals surface area contributed by atoms with Crippen LogP contribution >= 0.6 is 0 Å². The number of nitrogens with zero attached hydrogens (tertiary/aromatic N) is 1. The predicted molar refractivity (Wildman–Crippen MR) is 135 cm³/mol. The van der Waals surface area contributed by atoms with E-state index in [0.29, 0.717) is 22.1 Å². The number of hydrogen-bond donors (Lipinski definition) is 2. The SMILES string of the molecule is NCc1cccc(-c2cc(COc3cc(F)ccc3CC(=O)O)cc(N3CCC4(CC3)CC4)c2)c1F. The summed E-state index contributed by atoms with van der Waals surface area (Å²) in [7, 11) is 0. The smallest absolute Gasteiger partial charge is 0.307 e. The molecule has 3 aromatic carbocycles. The molecule has 2 fully saturated rings. The lowest BCUT2D eigenvalue weighted by Crippen LogP contribution is -2.34.